The monoisotopic (exact) mass is 458 g/mol. The Morgan fingerprint density at radius 3 is 2.39 bits per heavy atom. The van der Waals surface area contributed by atoms with Crippen LogP contribution in [-0.4, -0.2) is 14.8 Å². The Hall–Kier alpha value is -3.05. The number of hydrogen-bond acceptors (Lipinski definition) is 4. The molecule has 1 N–H and O–H groups in total. The van der Waals surface area contributed by atoms with Crippen LogP contribution in [0.4, 0.5) is 0 Å². The summed E-state index contributed by atoms with van der Waals surface area (Å²) in [6.07, 6.45) is 10.9. The summed E-state index contributed by atoms with van der Waals surface area (Å²) in [7, 11) is 0. The molecule has 3 rings (SSSR count). The Morgan fingerprint density at radius 2 is 1.82 bits per heavy atom. The number of nitrogens with one attached hydrogen (secondary N) is 1. The van der Waals surface area contributed by atoms with Crippen molar-refractivity contribution in [1.82, 2.24) is 20.1 Å². The third-order valence-electron chi connectivity index (χ3n) is 5.74. The van der Waals surface area contributed by atoms with Crippen molar-refractivity contribution in [3.8, 4) is 0 Å². The van der Waals surface area contributed by atoms with Crippen LogP contribution in [0.5, 0.6) is 0 Å². The van der Waals surface area contributed by atoms with E-state index >= 15 is 0 Å². The number of thiol groups is 1. The van der Waals surface area contributed by atoms with E-state index in [2.05, 4.69) is 98.0 Å². The molecule has 1 aromatic carbocycles. The molecule has 1 heterocycles. The van der Waals surface area contributed by atoms with E-state index in [1.807, 2.05) is 11.6 Å². The average Bonchev–Trinajstić information content (AvgIpc) is 3.21. The zero-order valence-electron chi connectivity index (χ0n) is 20.0. The molecule has 1 aliphatic rings. The van der Waals surface area contributed by atoms with E-state index < -0.39 is 0 Å². The van der Waals surface area contributed by atoms with E-state index in [0.29, 0.717) is 5.03 Å². The van der Waals surface area contributed by atoms with Gasteiger partial charge in [0.05, 0.1) is 5.03 Å². The van der Waals surface area contributed by atoms with Crippen molar-refractivity contribution in [3.05, 3.63) is 107 Å². The van der Waals surface area contributed by atoms with Gasteiger partial charge in [0.15, 0.2) is 0 Å². The van der Waals surface area contributed by atoms with E-state index in [-0.39, 0.29) is 0 Å². The Kier molecular flexibility index (Phi) is 8.34. The lowest BCUT2D eigenvalue weighted by Gasteiger charge is -2.20. The molecule has 1 aliphatic carbocycles. The molecular weight excluding hydrogens is 424 g/mol. The van der Waals surface area contributed by atoms with Gasteiger partial charge in [0.2, 0.25) is 0 Å². The Balaban J connectivity index is 1.90. The van der Waals surface area contributed by atoms with Gasteiger partial charge in [0.25, 0.3) is 0 Å². The summed E-state index contributed by atoms with van der Waals surface area (Å²) in [6.45, 7) is 18.5. The molecule has 0 saturated carbocycles. The fourth-order valence-electron chi connectivity index (χ4n) is 4.17. The molecule has 2 aromatic rings. The fourth-order valence-corrected chi connectivity index (χ4v) is 4.30. The van der Waals surface area contributed by atoms with Gasteiger partial charge in [-0.2, -0.15) is 5.10 Å². The zero-order valence-corrected chi connectivity index (χ0v) is 20.9. The predicted molar refractivity (Wildman–Crippen MR) is 144 cm³/mol. The zero-order chi connectivity index (χ0) is 24.0. The standard InChI is InChI=1S/C28H34N4S/c1-7-10-28(32-21(5)29-18-30-32)27(19(2)3)17-23-13-15-24(16-14-23)26-12-9-8-11-25(26)20(4)31-22(6)33/h11-16,18,31,33H,2,4,6-10,17H2,1,3,5H3/b28-27-. The second-order valence-corrected chi connectivity index (χ2v) is 8.95. The minimum atomic E-state index is 0.589. The minimum absolute atomic E-state index is 0.589. The smallest absolute Gasteiger partial charge is 0.138 e. The molecule has 172 valence electrons. The van der Waals surface area contributed by atoms with Crippen LogP contribution >= 0.6 is 12.6 Å². The summed E-state index contributed by atoms with van der Waals surface area (Å²) >= 11 is 4.26. The first-order valence-corrected chi connectivity index (χ1v) is 11.9. The number of allylic oxidation sites excluding steroid dienone is 6. The molecule has 0 saturated heterocycles. The van der Waals surface area contributed by atoms with Crippen LogP contribution in [-0.2, 0) is 6.42 Å². The lowest BCUT2D eigenvalue weighted by Crippen LogP contribution is -2.12. The maximum atomic E-state index is 4.47. The van der Waals surface area contributed by atoms with Gasteiger partial charge in [-0.15, -0.1) is 12.6 Å². The Bertz CT molecular complexity index is 1140. The number of hydrogen-bond donors (Lipinski definition) is 2. The fraction of sp³-hybridized carbons (Fsp3) is 0.286. The summed E-state index contributed by atoms with van der Waals surface area (Å²) in [5.74, 6) is 0.897. The van der Waals surface area contributed by atoms with E-state index in [1.54, 1.807) is 6.33 Å². The van der Waals surface area contributed by atoms with Crippen molar-refractivity contribution >= 4 is 23.9 Å². The van der Waals surface area contributed by atoms with Crippen LogP contribution in [0.1, 0.15) is 56.5 Å². The highest BCUT2D eigenvalue weighted by Crippen LogP contribution is 2.33. The summed E-state index contributed by atoms with van der Waals surface area (Å²) in [6, 6.07) is 8.80. The van der Waals surface area contributed by atoms with Crippen molar-refractivity contribution in [2.45, 2.75) is 52.9 Å². The first kappa shape index (κ1) is 24.6. The maximum absolute atomic E-state index is 4.47. The van der Waals surface area contributed by atoms with Gasteiger partial charge in [-0.05, 0) is 61.8 Å². The van der Waals surface area contributed by atoms with Crippen LogP contribution in [0.2, 0.25) is 0 Å². The first-order valence-electron chi connectivity index (χ1n) is 11.4. The molecular formula is C28H34N4S. The van der Waals surface area contributed by atoms with Gasteiger partial charge < -0.3 is 5.32 Å². The highest BCUT2D eigenvalue weighted by Gasteiger charge is 2.16. The molecule has 0 amide bonds. The number of aryl methyl sites for hydroxylation is 1. The first-order chi connectivity index (χ1) is 15.8. The summed E-state index contributed by atoms with van der Waals surface area (Å²) in [5, 5.41) is 8.20. The quantitative estimate of drug-likeness (QED) is 0.297. The van der Waals surface area contributed by atoms with Crippen molar-refractivity contribution in [1.29, 1.82) is 0 Å². The van der Waals surface area contributed by atoms with Gasteiger partial charge in [-0.25, -0.2) is 9.67 Å². The van der Waals surface area contributed by atoms with E-state index in [9.17, 15) is 0 Å². The average molecular weight is 459 g/mol. The minimum Gasteiger partial charge on any atom is -0.351 e. The Morgan fingerprint density at radius 1 is 1.12 bits per heavy atom. The summed E-state index contributed by atoms with van der Waals surface area (Å²) in [4.78, 5) is 4.33. The normalized spacial score (nSPS) is 14.2. The van der Waals surface area contributed by atoms with Crippen molar-refractivity contribution in [2.24, 2.45) is 0 Å². The molecule has 0 bridgehead atoms. The van der Waals surface area contributed by atoms with Crippen molar-refractivity contribution in [2.75, 3.05) is 0 Å². The van der Waals surface area contributed by atoms with E-state index in [1.165, 1.54) is 28.0 Å². The van der Waals surface area contributed by atoms with Crippen LogP contribution in [0.3, 0.4) is 0 Å². The van der Waals surface area contributed by atoms with Crippen LogP contribution in [0, 0.1) is 6.92 Å². The lowest BCUT2D eigenvalue weighted by atomic mass is 9.89. The number of benzene rings is 1. The van der Waals surface area contributed by atoms with Crippen molar-refractivity contribution in [3.63, 3.8) is 0 Å². The second kappa shape index (κ2) is 11.2. The molecule has 4 nitrogen and oxygen atoms in total. The molecule has 0 fully saturated rings. The third-order valence-corrected chi connectivity index (χ3v) is 5.86. The molecule has 33 heavy (non-hydrogen) atoms. The number of rotatable bonds is 10. The van der Waals surface area contributed by atoms with Gasteiger partial charge >= 0.3 is 0 Å². The predicted octanol–water partition coefficient (Wildman–Crippen LogP) is 7.02. The molecule has 1 aromatic heterocycles. The summed E-state index contributed by atoms with van der Waals surface area (Å²) in [5.41, 5.74) is 9.01. The second-order valence-electron chi connectivity index (χ2n) is 8.41. The third kappa shape index (κ3) is 6.05. The SMILES string of the molecule is C=C(S)NC(=C)C1=CCCC=C1c1ccc(C/C(C(=C)C)=C(\CCC)n2ncnc2C)cc1. The molecule has 0 radical (unpaired) electrons. The largest absolute Gasteiger partial charge is 0.351 e. The summed E-state index contributed by atoms with van der Waals surface area (Å²) < 4.78 is 1.96. The molecule has 0 atom stereocenters. The van der Waals surface area contributed by atoms with Gasteiger partial charge in [0, 0.05) is 17.0 Å². The Labute approximate surface area is 203 Å². The van der Waals surface area contributed by atoms with Gasteiger partial charge in [0.1, 0.15) is 12.2 Å². The van der Waals surface area contributed by atoms with Crippen molar-refractivity contribution < 1.29 is 0 Å². The number of nitrogens with zero attached hydrogens (tertiary/aromatic N) is 3. The van der Waals surface area contributed by atoms with E-state index in [0.717, 1.165) is 54.8 Å². The highest BCUT2D eigenvalue weighted by molar-refractivity contribution is 7.84. The van der Waals surface area contributed by atoms with E-state index in [4.69, 9.17) is 0 Å². The maximum Gasteiger partial charge on any atom is 0.138 e. The van der Waals surface area contributed by atoms with Gasteiger partial charge in [-0.3, -0.25) is 0 Å². The van der Waals surface area contributed by atoms with Crippen LogP contribution in [0.15, 0.2) is 89.9 Å². The molecule has 0 unspecified atom stereocenters. The van der Waals surface area contributed by atoms with Crippen LogP contribution in [0.25, 0.3) is 11.3 Å². The molecule has 0 aliphatic heterocycles. The lowest BCUT2D eigenvalue weighted by molar-refractivity contribution is 0.786. The number of aromatic nitrogens is 3. The van der Waals surface area contributed by atoms with Gasteiger partial charge in [-0.1, -0.05) is 75.1 Å². The molecule has 5 heteroatoms. The molecule has 0 spiro atoms. The highest BCUT2D eigenvalue weighted by atomic mass is 32.1. The van der Waals surface area contributed by atoms with Crippen LogP contribution < -0.4 is 5.32 Å². The topological polar surface area (TPSA) is 42.7 Å².